The first-order chi connectivity index (χ1) is 25.8. The van der Waals surface area contributed by atoms with Crippen LogP contribution in [0.25, 0.3) is 72.9 Å². The molecular weight excluding hydrogens is 635 g/mol. The number of benzene rings is 7. The van der Waals surface area contributed by atoms with E-state index in [0.717, 1.165) is 73.2 Å². The lowest BCUT2D eigenvalue weighted by Gasteiger charge is -2.24. The summed E-state index contributed by atoms with van der Waals surface area (Å²) < 4.78 is 2.29. The SMILES string of the molecule is c1ccc(-c2cc(-c3cccc(-c4ccc(N5c6ccccc6-c6ccccc6-n6c5nc5ccccc56)cc4)c3)nc(-c3ccccc3)n2)cc1. The summed E-state index contributed by atoms with van der Waals surface area (Å²) in [5, 5.41) is 0. The molecule has 52 heavy (non-hydrogen) atoms. The van der Waals surface area contributed by atoms with Crippen molar-refractivity contribution < 1.29 is 0 Å². The van der Waals surface area contributed by atoms with E-state index in [1.807, 2.05) is 36.4 Å². The van der Waals surface area contributed by atoms with Crippen LogP contribution in [-0.4, -0.2) is 19.5 Å². The van der Waals surface area contributed by atoms with Gasteiger partial charge in [-0.2, -0.15) is 0 Å². The summed E-state index contributed by atoms with van der Waals surface area (Å²) >= 11 is 0. The topological polar surface area (TPSA) is 46.8 Å². The van der Waals surface area contributed by atoms with Crippen LogP contribution >= 0.6 is 0 Å². The summed E-state index contributed by atoms with van der Waals surface area (Å²) in [7, 11) is 0. The Morgan fingerprint density at radius 2 is 0.942 bits per heavy atom. The van der Waals surface area contributed by atoms with E-state index in [-0.39, 0.29) is 0 Å². The molecule has 0 atom stereocenters. The largest absolute Gasteiger partial charge is 0.280 e. The second-order valence-electron chi connectivity index (χ2n) is 12.9. The molecule has 0 saturated heterocycles. The number of rotatable bonds is 5. The maximum Gasteiger partial charge on any atom is 0.220 e. The number of anilines is 3. The highest BCUT2D eigenvalue weighted by molar-refractivity contribution is 5.96. The van der Waals surface area contributed by atoms with E-state index in [1.165, 1.54) is 11.1 Å². The minimum Gasteiger partial charge on any atom is -0.280 e. The number of hydrogen-bond donors (Lipinski definition) is 0. The molecule has 3 heterocycles. The minimum atomic E-state index is 0.706. The van der Waals surface area contributed by atoms with Crippen LogP contribution in [0.3, 0.4) is 0 Å². The second kappa shape index (κ2) is 12.3. The Hall–Kier alpha value is -7.11. The van der Waals surface area contributed by atoms with Crippen LogP contribution in [0.5, 0.6) is 0 Å². The number of aromatic nitrogens is 4. The van der Waals surface area contributed by atoms with E-state index in [1.54, 1.807) is 0 Å². The number of imidazole rings is 1. The number of nitrogens with zero attached hydrogens (tertiary/aromatic N) is 5. The van der Waals surface area contributed by atoms with E-state index < -0.39 is 0 Å². The number of para-hydroxylation sites is 4. The molecule has 0 aliphatic carbocycles. The molecule has 7 aromatic carbocycles. The summed E-state index contributed by atoms with van der Waals surface area (Å²) in [5.74, 6) is 1.57. The maximum absolute atomic E-state index is 5.23. The number of fused-ring (bicyclic) bond motifs is 7. The standard InChI is InChI=1S/C47H31N5/c1-3-14-33(15-4-1)41-31-42(49-46(48-41)34-16-5-2-6-17-34)36-19-13-18-35(30-36)32-26-28-37(29-27-32)51-43-23-10-7-20-38(43)39-21-8-11-24-44(39)52-45-25-12-9-22-40(45)50-47(51)52/h1-31H. The van der Waals surface area contributed by atoms with E-state index in [4.69, 9.17) is 15.0 Å². The number of hydrogen-bond acceptors (Lipinski definition) is 4. The molecule has 0 spiro atoms. The molecule has 0 N–H and O–H groups in total. The summed E-state index contributed by atoms with van der Waals surface area (Å²) in [5.41, 5.74) is 14.7. The fourth-order valence-corrected chi connectivity index (χ4v) is 7.29. The Balaban J connectivity index is 1.07. The van der Waals surface area contributed by atoms with Crippen LogP contribution < -0.4 is 4.90 Å². The van der Waals surface area contributed by atoms with E-state index >= 15 is 0 Å². The first-order valence-electron chi connectivity index (χ1n) is 17.5. The molecule has 5 nitrogen and oxygen atoms in total. The monoisotopic (exact) mass is 665 g/mol. The zero-order valence-corrected chi connectivity index (χ0v) is 28.1. The molecule has 0 saturated carbocycles. The predicted octanol–water partition coefficient (Wildman–Crippen LogP) is 11.9. The Morgan fingerprint density at radius 3 is 1.71 bits per heavy atom. The van der Waals surface area contributed by atoms with E-state index in [0.29, 0.717) is 5.82 Å². The lowest BCUT2D eigenvalue weighted by Crippen LogP contribution is -2.14. The highest BCUT2D eigenvalue weighted by Gasteiger charge is 2.28. The van der Waals surface area contributed by atoms with Crippen LogP contribution in [0.2, 0.25) is 0 Å². The molecule has 5 heteroatoms. The van der Waals surface area contributed by atoms with Gasteiger partial charge >= 0.3 is 0 Å². The van der Waals surface area contributed by atoms with Crippen molar-refractivity contribution in [3.8, 4) is 61.8 Å². The van der Waals surface area contributed by atoms with Crippen molar-refractivity contribution in [3.05, 3.63) is 188 Å². The van der Waals surface area contributed by atoms with Crippen molar-refractivity contribution in [1.29, 1.82) is 0 Å². The predicted molar refractivity (Wildman–Crippen MR) is 212 cm³/mol. The summed E-state index contributed by atoms with van der Waals surface area (Å²) in [4.78, 5) is 17.6. The molecule has 0 amide bonds. The van der Waals surface area contributed by atoms with Gasteiger partial charge in [-0.25, -0.2) is 15.0 Å². The molecular formula is C47H31N5. The van der Waals surface area contributed by atoms with Crippen molar-refractivity contribution in [3.63, 3.8) is 0 Å². The molecule has 10 rings (SSSR count). The third-order valence-corrected chi connectivity index (χ3v) is 9.77. The van der Waals surface area contributed by atoms with Crippen molar-refractivity contribution in [2.45, 2.75) is 0 Å². The van der Waals surface area contributed by atoms with Gasteiger partial charge in [-0.05, 0) is 59.7 Å². The Bertz CT molecular complexity index is 2680. The highest BCUT2D eigenvalue weighted by atomic mass is 15.3. The molecule has 244 valence electrons. The fraction of sp³-hybridized carbons (Fsp3) is 0. The molecule has 1 aliphatic rings. The quantitative estimate of drug-likeness (QED) is 0.184. The van der Waals surface area contributed by atoms with Crippen molar-refractivity contribution in [2.75, 3.05) is 4.90 Å². The van der Waals surface area contributed by atoms with E-state index in [9.17, 15) is 0 Å². The first-order valence-corrected chi connectivity index (χ1v) is 17.5. The molecule has 0 fully saturated rings. The van der Waals surface area contributed by atoms with Crippen molar-refractivity contribution in [2.24, 2.45) is 0 Å². The van der Waals surface area contributed by atoms with Gasteiger partial charge in [0.05, 0.1) is 33.8 Å². The van der Waals surface area contributed by atoms with Gasteiger partial charge in [0, 0.05) is 33.5 Å². The third-order valence-electron chi connectivity index (χ3n) is 9.77. The van der Waals surface area contributed by atoms with Crippen LogP contribution in [-0.2, 0) is 0 Å². The highest BCUT2D eigenvalue weighted by Crippen LogP contribution is 2.47. The zero-order chi connectivity index (χ0) is 34.4. The normalized spacial score (nSPS) is 11.8. The Labute approximate surface area is 301 Å². The van der Waals surface area contributed by atoms with Gasteiger partial charge in [0.2, 0.25) is 5.95 Å². The lowest BCUT2D eigenvalue weighted by molar-refractivity contribution is 1.05. The third kappa shape index (κ3) is 5.07. The van der Waals surface area contributed by atoms with Crippen LogP contribution in [0.1, 0.15) is 0 Å². The summed E-state index contributed by atoms with van der Waals surface area (Å²) in [6, 6.07) is 65.6. The van der Waals surface area contributed by atoms with Gasteiger partial charge in [0.25, 0.3) is 0 Å². The van der Waals surface area contributed by atoms with Crippen LogP contribution in [0.4, 0.5) is 17.3 Å². The van der Waals surface area contributed by atoms with Gasteiger partial charge in [0.1, 0.15) is 0 Å². The Kier molecular flexibility index (Phi) is 7.07. The smallest absolute Gasteiger partial charge is 0.220 e. The molecule has 0 bridgehead atoms. The van der Waals surface area contributed by atoms with Gasteiger partial charge in [-0.1, -0.05) is 140 Å². The molecule has 1 aliphatic heterocycles. The zero-order valence-electron chi connectivity index (χ0n) is 28.1. The molecule has 0 unspecified atom stereocenters. The molecule has 2 aromatic heterocycles. The van der Waals surface area contributed by atoms with E-state index in [2.05, 4.69) is 161 Å². The summed E-state index contributed by atoms with van der Waals surface area (Å²) in [6.45, 7) is 0. The van der Waals surface area contributed by atoms with Gasteiger partial charge in [0.15, 0.2) is 5.82 Å². The first kappa shape index (κ1) is 29.8. The lowest BCUT2D eigenvalue weighted by atomic mass is 9.99. The maximum atomic E-state index is 5.23. The van der Waals surface area contributed by atoms with Crippen molar-refractivity contribution in [1.82, 2.24) is 19.5 Å². The van der Waals surface area contributed by atoms with Crippen LogP contribution in [0, 0.1) is 0 Å². The summed E-state index contributed by atoms with van der Waals surface area (Å²) in [6.07, 6.45) is 0. The second-order valence-corrected chi connectivity index (χ2v) is 12.9. The fourth-order valence-electron chi connectivity index (χ4n) is 7.29. The van der Waals surface area contributed by atoms with Gasteiger partial charge < -0.3 is 0 Å². The Morgan fingerprint density at radius 1 is 0.365 bits per heavy atom. The molecule has 9 aromatic rings. The van der Waals surface area contributed by atoms with Crippen molar-refractivity contribution >= 4 is 28.4 Å². The van der Waals surface area contributed by atoms with Gasteiger partial charge in [-0.15, -0.1) is 0 Å². The average molecular weight is 666 g/mol. The minimum absolute atomic E-state index is 0.706. The van der Waals surface area contributed by atoms with Crippen LogP contribution in [0.15, 0.2) is 188 Å². The van der Waals surface area contributed by atoms with Gasteiger partial charge in [-0.3, -0.25) is 9.47 Å². The average Bonchev–Trinajstić information content (AvgIpc) is 3.55. The molecule has 0 radical (unpaired) electrons.